The largest absolute Gasteiger partial charge is 0.300 e. The Morgan fingerprint density at radius 3 is 2.58 bits per heavy atom. The van der Waals surface area contributed by atoms with Crippen LogP contribution in [0.15, 0.2) is 0 Å². The molecule has 0 N–H and O–H groups in total. The van der Waals surface area contributed by atoms with Gasteiger partial charge in [-0.3, -0.25) is 4.79 Å². The monoisotopic (exact) mass is 166 g/mol. The van der Waals surface area contributed by atoms with E-state index in [-0.39, 0.29) is 0 Å². The highest BCUT2D eigenvalue weighted by Crippen LogP contribution is 2.68. The molecule has 2 atom stereocenters. The molecule has 1 nitrogen and oxygen atoms in total. The van der Waals surface area contributed by atoms with E-state index in [2.05, 4.69) is 20.8 Å². The van der Waals surface area contributed by atoms with Crippen LogP contribution in [0.3, 0.4) is 0 Å². The second kappa shape index (κ2) is 2.12. The first-order valence-corrected chi connectivity index (χ1v) is 4.97. The van der Waals surface area contributed by atoms with Gasteiger partial charge in [-0.2, -0.15) is 0 Å². The molecule has 0 radical (unpaired) electrons. The van der Waals surface area contributed by atoms with Gasteiger partial charge in [0.2, 0.25) is 0 Å². The molecule has 68 valence electrons. The first kappa shape index (κ1) is 8.28. The summed E-state index contributed by atoms with van der Waals surface area (Å²) in [6.07, 6.45) is 4.18. The Morgan fingerprint density at radius 1 is 1.42 bits per heavy atom. The summed E-state index contributed by atoms with van der Waals surface area (Å²) in [6, 6.07) is 0. The maximum absolute atomic E-state index is 11.4. The van der Waals surface area contributed by atoms with Crippen LogP contribution in [0, 0.1) is 16.7 Å². The molecule has 0 aromatic rings. The molecule has 0 spiro atoms. The lowest BCUT2D eigenvalue weighted by molar-refractivity contribution is -0.123. The Labute approximate surface area is 74.5 Å². The molecule has 2 aliphatic carbocycles. The van der Waals surface area contributed by atoms with Crippen LogP contribution >= 0.6 is 0 Å². The number of rotatable bonds is 0. The third kappa shape index (κ3) is 0.949. The van der Waals surface area contributed by atoms with Crippen LogP contribution in [0.1, 0.15) is 46.5 Å². The summed E-state index contributed by atoms with van der Waals surface area (Å²) >= 11 is 0. The quantitative estimate of drug-likeness (QED) is 0.541. The fraction of sp³-hybridized carbons (Fsp3) is 0.909. The molecule has 2 fully saturated rings. The van der Waals surface area contributed by atoms with Crippen molar-refractivity contribution < 1.29 is 4.79 Å². The Hall–Kier alpha value is -0.330. The van der Waals surface area contributed by atoms with Crippen molar-refractivity contribution in [3.8, 4) is 0 Å². The lowest BCUT2D eigenvalue weighted by atomic mass is 9.70. The molecule has 2 saturated carbocycles. The molecule has 0 bridgehead atoms. The smallest absolute Gasteiger partial charge is 0.133 e. The Kier molecular flexibility index (Phi) is 1.47. The molecule has 0 saturated heterocycles. The van der Waals surface area contributed by atoms with Crippen LogP contribution in [0.25, 0.3) is 0 Å². The minimum atomic E-state index is 0.341. The fourth-order valence-corrected chi connectivity index (χ4v) is 2.93. The Balaban J connectivity index is 2.19. The van der Waals surface area contributed by atoms with Crippen molar-refractivity contribution in [3.05, 3.63) is 0 Å². The van der Waals surface area contributed by atoms with E-state index in [4.69, 9.17) is 0 Å². The highest BCUT2D eigenvalue weighted by molar-refractivity contribution is 5.81. The van der Waals surface area contributed by atoms with Gasteiger partial charge in [0.25, 0.3) is 0 Å². The van der Waals surface area contributed by atoms with Crippen molar-refractivity contribution in [1.29, 1.82) is 0 Å². The van der Waals surface area contributed by atoms with Gasteiger partial charge in [-0.05, 0) is 29.6 Å². The van der Waals surface area contributed by atoms with E-state index in [9.17, 15) is 4.79 Å². The summed E-state index contributed by atoms with van der Waals surface area (Å²) in [5, 5.41) is 0. The van der Waals surface area contributed by atoms with Gasteiger partial charge in [0.15, 0.2) is 0 Å². The number of carbonyl (C=O) groups is 1. The van der Waals surface area contributed by atoms with Crippen LogP contribution in [0.2, 0.25) is 0 Å². The first-order valence-electron chi connectivity index (χ1n) is 4.97. The Bertz CT molecular complexity index is 224. The van der Waals surface area contributed by atoms with Crippen molar-refractivity contribution >= 4 is 5.78 Å². The van der Waals surface area contributed by atoms with Gasteiger partial charge in [0.1, 0.15) is 5.78 Å². The molecule has 2 unspecified atom stereocenters. The van der Waals surface area contributed by atoms with Gasteiger partial charge in [0, 0.05) is 12.8 Å². The molecule has 0 amide bonds. The third-order valence-corrected chi connectivity index (χ3v) is 4.01. The number of hydrogen-bond acceptors (Lipinski definition) is 1. The summed E-state index contributed by atoms with van der Waals surface area (Å²) in [6.45, 7) is 6.85. The minimum Gasteiger partial charge on any atom is -0.300 e. The molecule has 0 aliphatic heterocycles. The van der Waals surface area contributed by atoms with Crippen molar-refractivity contribution in [3.63, 3.8) is 0 Å². The van der Waals surface area contributed by atoms with Crippen molar-refractivity contribution in [1.82, 2.24) is 0 Å². The Morgan fingerprint density at radius 2 is 2.08 bits per heavy atom. The highest BCUT2D eigenvalue weighted by Gasteiger charge is 2.62. The second-order valence-corrected chi connectivity index (χ2v) is 5.56. The van der Waals surface area contributed by atoms with Crippen molar-refractivity contribution in [2.24, 2.45) is 16.7 Å². The zero-order chi connectivity index (χ0) is 8.98. The van der Waals surface area contributed by atoms with E-state index in [1.807, 2.05) is 0 Å². The van der Waals surface area contributed by atoms with Gasteiger partial charge in [-0.25, -0.2) is 0 Å². The van der Waals surface area contributed by atoms with Crippen molar-refractivity contribution in [2.75, 3.05) is 0 Å². The average molecular weight is 166 g/mol. The lowest BCUT2D eigenvalue weighted by Gasteiger charge is -2.34. The molecule has 0 aromatic carbocycles. The fourth-order valence-electron chi connectivity index (χ4n) is 2.93. The van der Waals surface area contributed by atoms with Gasteiger partial charge in [0.05, 0.1) is 0 Å². The highest BCUT2D eigenvalue weighted by atomic mass is 16.1. The molecular weight excluding hydrogens is 148 g/mol. The zero-order valence-electron chi connectivity index (χ0n) is 8.31. The molecular formula is C11H18O. The zero-order valence-corrected chi connectivity index (χ0v) is 8.31. The van der Waals surface area contributed by atoms with Crippen LogP contribution in [0.4, 0.5) is 0 Å². The van der Waals surface area contributed by atoms with Crippen LogP contribution in [-0.4, -0.2) is 5.78 Å². The first-order chi connectivity index (χ1) is 5.46. The SMILES string of the molecule is CC(C)(C)C12CC(=O)CCC1C2. The molecule has 1 heteroatoms. The van der Waals surface area contributed by atoms with Gasteiger partial charge in [-0.15, -0.1) is 0 Å². The predicted molar refractivity (Wildman–Crippen MR) is 48.9 cm³/mol. The summed E-state index contributed by atoms with van der Waals surface area (Å²) in [5.74, 6) is 1.37. The summed E-state index contributed by atoms with van der Waals surface area (Å²) < 4.78 is 0. The predicted octanol–water partition coefficient (Wildman–Crippen LogP) is 2.79. The average Bonchev–Trinajstić information content (AvgIpc) is 2.60. The van der Waals surface area contributed by atoms with Crippen LogP contribution in [0.5, 0.6) is 0 Å². The maximum atomic E-state index is 11.4. The molecule has 12 heavy (non-hydrogen) atoms. The minimum absolute atomic E-state index is 0.341. The number of fused-ring (bicyclic) bond motifs is 1. The number of ketones is 1. The maximum Gasteiger partial charge on any atom is 0.133 e. The molecule has 0 heterocycles. The molecule has 0 aromatic heterocycles. The van der Waals surface area contributed by atoms with Gasteiger partial charge >= 0.3 is 0 Å². The van der Waals surface area contributed by atoms with Gasteiger partial charge in [-0.1, -0.05) is 20.8 Å². The summed E-state index contributed by atoms with van der Waals surface area (Å²) in [4.78, 5) is 11.4. The normalized spacial score (nSPS) is 40.9. The second-order valence-electron chi connectivity index (χ2n) is 5.56. The van der Waals surface area contributed by atoms with Gasteiger partial charge < -0.3 is 0 Å². The van der Waals surface area contributed by atoms with E-state index < -0.39 is 0 Å². The summed E-state index contributed by atoms with van der Waals surface area (Å²) in [5.41, 5.74) is 0.746. The van der Waals surface area contributed by atoms with E-state index in [0.717, 1.165) is 25.2 Å². The van der Waals surface area contributed by atoms with Crippen LogP contribution < -0.4 is 0 Å². The number of carbonyl (C=O) groups excluding carboxylic acids is 1. The van der Waals surface area contributed by atoms with E-state index in [1.54, 1.807) is 0 Å². The molecule has 2 aliphatic rings. The topological polar surface area (TPSA) is 17.1 Å². The molecule has 2 rings (SSSR count). The lowest BCUT2D eigenvalue weighted by Crippen LogP contribution is -2.29. The van der Waals surface area contributed by atoms with E-state index in [1.165, 1.54) is 6.42 Å². The number of hydrogen-bond donors (Lipinski definition) is 0. The van der Waals surface area contributed by atoms with Crippen LogP contribution in [-0.2, 0) is 4.79 Å². The number of Topliss-reactive ketones (excluding diaryl/α,β-unsaturated/α-hetero) is 1. The summed E-state index contributed by atoms with van der Waals surface area (Å²) in [7, 11) is 0. The standard InChI is InChI=1S/C11H18O/c1-10(2,3)11-6-8(11)4-5-9(12)7-11/h8H,4-7H2,1-3H3. The van der Waals surface area contributed by atoms with E-state index in [0.29, 0.717) is 16.6 Å². The van der Waals surface area contributed by atoms with E-state index >= 15 is 0 Å². The van der Waals surface area contributed by atoms with Crippen molar-refractivity contribution in [2.45, 2.75) is 46.5 Å². The third-order valence-electron chi connectivity index (χ3n) is 4.01.